The second-order valence-corrected chi connectivity index (χ2v) is 5.29. The molecule has 7 heteroatoms. The molecule has 2 aromatic heterocycles. The minimum absolute atomic E-state index is 0.0737. The highest BCUT2D eigenvalue weighted by Gasteiger charge is 2.09. The Morgan fingerprint density at radius 3 is 3.00 bits per heavy atom. The number of rotatable bonds is 2. The first-order valence-corrected chi connectivity index (χ1v) is 6.57. The highest BCUT2D eigenvalue weighted by molar-refractivity contribution is 7.22. The van der Waals surface area contributed by atoms with E-state index in [4.69, 9.17) is 11.6 Å². The summed E-state index contributed by atoms with van der Waals surface area (Å²) in [5.74, 6) is -0.0737. The number of halogens is 1. The maximum Gasteiger partial charge on any atom is 0.253 e. The first-order chi connectivity index (χ1) is 9.11. The number of nitrogens with zero attached hydrogens (tertiary/aromatic N) is 1. The van der Waals surface area contributed by atoms with Gasteiger partial charge in [0.15, 0.2) is 10.8 Å². The van der Waals surface area contributed by atoms with Crippen molar-refractivity contribution in [1.82, 2.24) is 9.97 Å². The molecule has 0 aliphatic carbocycles. The predicted octanol–water partition coefficient (Wildman–Crippen LogP) is 3.09. The number of aromatic nitrogens is 2. The molecular formula is C12H8ClN3O2S. The van der Waals surface area contributed by atoms with Crippen LogP contribution in [-0.2, 0) is 0 Å². The molecule has 0 spiro atoms. The van der Waals surface area contributed by atoms with Crippen LogP contribution in [0.4, 0.5) is 10.8 Å². The molecule has 3 rings (SSSR count). The molecule has 2 heterocycles. The molecule has 96 valence electrons. The van der Waals surface area contributed by atoms with Gasteiger partial charge in [-0.05, 0) is 18.2 Å². The number of fused-ring (bicyclic) bond motifs is 1. The van der Waals surface area contributed by atoms with Crippen LogP contribution in [0.3, 0.4) is 0 Å². The van der Waals surface area contributed by atoms with Crippen LogP contribution < -0.4 is 10.9 Å². The van der Waals surface area contributed by atoms with Crippen molar-refractivity contribution in [2.75, 3.05) is 5.32 Å². The lowest BCUT2D eigenvalue weighted by molar-refractivity contribution is 0.481. The number of aromatic amines is 1. The van der Waals surface area contributed by atoms with Crippen molar-refractivity contribution in [2.24, 2.45) is 0 Å². The molecule has 0 unspecified atom stereocenters. The van der Waals surface area contributed by atoms with Crippen molar-refractivity contribution in [3.05, 3.63) is 45.7 Å². The van der Waals surface area contributed by atoms with Crippen molar-refractivity contribution in [1.29, 1.82) is 0 Å². The zero-order valence-electron chi connectivity index (χ0n) is 9.48. The second kappa shape index (κ2) is 4.56. The molecule has 0 saturated heterocycles. The smallest absolute Gasteiger partial charge is 0.253 e. The van der Waals surface area contributed by atoms with Gasteiger partial charge in [-0.1, -0.05) is 29.0 Å². The third kappa shape index (κ3) is 2.40. The molecule has 0 aliphatic rings. The molecule has 3 N–H and O–H groups in total. The van der Waals surface area contributed by atoms with E-state index < -0.39 is 0 Å². The minimum atomic E-state index is -0.385. The maximum atomic E-state index is 11.2. The number of benzene rings is 1. The molecule has 0 atom stereocenters. The van der Waals surface area contributed by atoms with E-state index in [2.05, 4.69) is 15.3 Å². The van der Waals surface area contributed by atoms with Gasteiger partial charge < -0.3 is 15.4 Å². The normalized spacial score (nSPS) is 10.8. The summed E-state index contributed by atoms with van der Waals surface area (Å²) in [7, 11) is 0. The van der Waals surface area contributed by atoms with Gasteiger partial charge >= 0.3 is 0 Å². The molecule has 19 heavy (non-hydrogen) atoms. The molecule has 0 aliphatic heterocycles. The van der Waals surface area contributed by atoms with E-state index in [1.165, 1.54) is 11.3 Å². The van der Waals surface area contributed by atoms with Crippen LogP contribution in [0.5, 0.6) is 5.75 Å². The van der Waals surface area contributed by atoms with Crippen LogP contribution in [0, 0.1) is 0 Å². The molecule has 1 aromatic carbocycles. The van der Waals surface area contributed by atoms with Crippen molar-refractivity contribution in [2.45, 2.75) is 0 Å². The van der Waals surface area contributed by atoms with Crippen molar-refractivity contribution in [3.8, 4) is 5.75 Å². The summed E-state index contributed by atoms with van der Waals surface area (Å²) in [6.45, 7) is 0. The molecule has 0 bridgehead atoms. The molecular weight excluding hydrogens is 286 g/mol. The Kier molecular flexibility index (Phi) is 2.88. The summed E-state index contributed by atoms with van der Waals surface area (Å²) in [5.41, 5.74) is 0.762. The van der Waals surface area contributed by atoms with Gasteiger partial charge in [0.05, 0.1) is 0 Å². The third-order valence-electron chi connectivity index (χ3n) is 2.45. The van der Waals surface area contributed by atoms with E-state index in [-0.39, 0.29) is 11.3 Å². The zero-order chi connectivity index (χ0) is 13.4. The van der Waals surface area contributed by atoms with Crippen LogP contribution in [0.2, 0.25) is 5.02 Å². The fourth-order valence-corrected chi connectivity index (χ4v) is 2.71. The van der Waals surface area contributed by atoms with E-state index in [1.54, 1.807) is 12.1 Å². The Hall–Kier alpha value is -2.05. The van der Waals surface area contributed by atoms with Crippen molar-refractivity contribution >= 4 is 44.1 Å². The van der Waals surface area contributed by atoms with E-state index in [0.717, 1.165) is 11.8 Å². The third-order valence-corrected chi connectivity index (χ3v) is 3.67. The Bertz CT molecular complexity index is 812. The number of nitrogens with one attached hydrogen (secondary N) is 2. The van der Waals surface area contributed by atoms with E-state index in [9.17, 15) is 9.90 Å². The van der Waals surface area contributed by atoms with Crippen molar-refractivity contribution < 1.29 is 5.11 Å². The number of anilines is 2. The summed E-state index contributed by atoms with van der Waals surface area (Å²) >= 11 is 7.14. The number of pyridine rings is 1. The number of aromatic hydroxyl groups is 1. The summed E-state index contributed by atoms with van der Waals surface area (Å²) in [4.78, 5) is 18.0. The fourth-order valence-electron chi connectivity index (χ4n) is 1.66. The van der Waals surface area contributed by atoms with Gasteiger partial charge in [0.1, 0.15) is 10.4 Å². The maximum absolute atomic E-state index is 11.2. The number of thiazole rings is 1. The van der Waals surface area contributed by atoms with Crippen LogP contribution >= 0.6 is 22.9 Å². The fraction of sp³-hybridized carbons (Fsp3) is 0. The average Bonchev–Trinajstić information content (AvgIpc) is 2.71. The van der Waals surface area contributed by atoms with E-state index in [0.29, 0.717) is 20.5 Å². The molecule has 3 aromatic rings. The van der Waals surface area contributed by atoms with Crippen LogP contribution in [-0.4, -0.2) is 15.1 Å². The second-order valence-electron chi connectivity index (χ2n) is 3.85. The standard InChI is InChI=1S/C12H8ClN3O2S/c13-6-2-1-3-7(4-6)14-12-16-11-10(19-12)8(17)5-9(18)15-11/h1-5H,(H3,14,15,16,17,18). The van der Waals surface area contributed by atoms with Gasteiger partial charge in [-0.3, -0.25) is 4.79 Å². The molecule has 0 amide bonds. The highest BCUT2D eigenvalue weighted by atomic mass is 35.5. The average molecular weight is 294 g/mol. The summed E-state index contributed by atoms with van der Waals surface area (Å²) in [6.07, 6.45) is 0. The lowest BCUT2D eigenvalue weighted by Gasteiger charge is -2.01. The number of hydrogen-bond acceptors (Lipinski definition) is 5. The summed E-state index contributed by atoms with van der Waals surface area (Å²) in [5, 5.41) is 13.9. The Labute approximate surface area is 116 Å². The Morgan fingerprint density at radius 2 is 2.21 bits per heavy atom. The topological polar surface area (TPSA) is 78.0 Å². The molecule has 5 nitrogen and oxygen atoms in total. The SMILES string of the molecule is O=c1cc(O)c2sc(Nc3cccc(Cl)c3)nc2[nH]1. The van der Waals surface area contributed by atoms with Gasteiger partial charge in [0.2, 0.25) is 0 Å². The largest absolute Gasteiger partial charge is 0.506 e. The Balaban J connectivity index is 2.02. The molecule has 0 fully saturated rings. The lowest BCUT2D eigenvalue weighted by Crippen LogP contribution is -2.02. The summed E-state index contributed by atoms with van der Waals surface area (Å²) < 4.78 is 0.532. The quantitative estimate of drug-likeness (QED) is 0.678. The van der Waals surface area contributed by atoms with E-state index in [1.807, 2.05) is 12.1 Å². The van der Waals surface area contributed by atoms with Gasteiger partial charge in [-0.2, -0.15) is 0 Å². The highest BCUT2D eigenvalue weighted by Crippen LogP contribution is 2.32. The summed E-state index contributed by atoms with van der Waals surface area (Å²) in [6, 6.07) is 8.33. The number of hydrogen-bond donors (Lipinski definition) is 3. The first kappa shape index (κ1) is 12.0. The monoisotopic (exact) mass is 293 g/mol. The van der Waals surface area contributed by atoms with Crippen molar-refractivity contribution in [3.63, 3.8) is 0 Å². The minimum Gasteiger partial charge on any atom is -0.506 e. The lowest BCUT2D eigenvalue weighted by atomic mass is 10.3. The molecule has 0 saturated carbocycles. The van der Waals surface area contributed by atoms with Gasteiger partial charge in [-0.15, -0.1) is 0 Å². The zero-order valence-corrected chi connectivity index (χ0v) is 11.0. The van der Waals surface area contributed by atoms with Gasteiger partial charge in [0.25, 0.3) is 5.56 Å². The first-order valence-electron chi connectivity index (χ1n) is 5.37. The molecule has 0 radical (unpaired) electrons. The number of H-pyrrole nitrogens is 1. The predicted molar refractivity (Wildman–Crippen MR) is 76.6 cm³/mol. The van der Waals surface area contributed by atoms with Gasteiger partial charge in [0, 0.05) is 16.8 Å². The van der Waals surface area contributed by atoms with Crippen LogP contribution in [0.25, 0.3) is 10.3 Å². The van der Waals surface area contributed by atoms with Crippen LogP contribution in [0.1, 0.15) is 0 Å². The van der Waals surface area contributed by atoms with Crippen LogP contribution in [0.15, 0.2) is 35.1 Å². The van der Waals surface area contributed by atoms with Gasteiger partial charge in [-0.25, -0.2) is 4.98 Å². The van der Waals surface area contributed by atoms with E-state index >= 15 is 0 Å². The Morgan fingerprint density at radius 1 is 1.37 bits per heavy atom.